The van der Waals surface area contributed by atoms with E-state index in [0.29, 0.717) is 24.2 Å². The van der Waals surface area contributed by atoms with Crippen LogP contribution in [0.1, 0.15) is 41.6 Å². The van der Waals surface area contributed by atoms with E-state index in [1.165, 1.54) is 12.1 Å². The molecule has 1 aliphatic rings. The third kappa shape index (κ3) is 2.93. The lowest BCUT2D eigenvalue weighted by Gasteiger charge is -2.25. The zero-order valence-electron chi connectivity index (χ0n) is 11.7. The van der Waals surface area contributed by atoms with Gasteiger partial charge in [-0.25, -0.2) is 4.39 Å². The van der Waals surface area contributed by atoms with E-state index in [9.17, 15) is 9.18 Å². The van der Waals surface area contributed by atoms with Crippen molar-refractivity contribution in [1.82, 2.24) is 4.90 Å². The van der Waals surface area contributed by atoms with Crippen molar-refractivity contribution in [2.75, 3.05) is 18.9 Å². The van der Waals surface area contributed by atoms with E-state index < -0.39 is 5.82 Å². The summed E-state index contributed by atoms with van der Waals surface area (Å²) in [5, 5.41) is 8.91. The number of aliphatic hydroxyl groups excluding tert-OH is 1. The average Bonchev–Trinajstić information content (AvgIpc) is 2.88. The fourth-order valence-corrected chi connectivity index (χ4v) is 2.84. The van der Waals surface area contributed by atoms with Gasteiger partial charge in [-0.1, -0.05) is 0 Å². The van der Waals surface area contributed by atoms with Gasteiger partial charge in [-0.2, -0.15) is 0 Å². The summed E-state index contributed by atoms with van der Waals surface area (Å²) in [6.45, 7) is 2.36. The Labute approximate surface area is 118 Å². The second-order valence-electron chi connectivity index (χ2n) is 5.36. The molecule has 20 heavy (non-hydrogen) atoms. The highest BCUT2D eigenvalue weighted by Crippen LogP contribution is 2.26. The number of nitrogens with zero attached hydrogens (tertiary/aromatic N) is 1. The highest BCUT2D eigenvalue weighted by molar-refractivity contribution is 5.96. The number of anilines is 1. The summed E-state index contributed by atoms with van der Waals surface area (Å²) in [7, 11) is 0. The smallest absolute Gasteiger partial charge is 0.257 e. The number of likely N-dealkylation sites (tertiary alicyclic amines) is 1. The molecule has 2 rings (SSSR count). The second kappa shape index (κ2) is 6.22. The fraction of sp³-hybridized carbons (Fsp3) is 0.533. The van der Waals surface area contributed by atoms with Gasteiger partial charge in [0.2, 0.25) is 0 Å². The Bertz CT molecular complexity index is 505. The molecular formula is C15H21FN2O2. The lowest BCUT2D eigenvalue weighted by atomic mass is 10.1. The zero-order valence-corrected chi connectivity index (χ0v) is 11.7. The van der Waals surface area contributed by atoms with Gasteiger partial charge in [-0.3, -0.25) is 4.79 Å². The first kappa shape index (κ1) is 14.8. The number of carbonyl (C=O) groups is 1. The van der Waals surface area contributed by atoms with Crippen molar-refractivity contribution < 1.29 is 14.3 Å². The molecule has 0 saturated carbocycles. The molecule has 1 unspecified atom stereocenters. The van der Waals surface area contributed by atoms with Crippen molar-refractivity contribution in [1.29, 1.82) is 0 Å². The van der Waals surface area contributed by atoms with Crippen LogP contribution in [-0.4, -0.2) is 35.1 Å². The molecule has 4 nitrogen and oxygen atoms in total. The van der Waals surface area contributed by atoms with Gasteiger partial charge in [0.25, 0.3) is 5.91 Å². The number of hydrogen-bond acceptors (Lipinski definition) is 3. The summed E-state index contributed by atoms with van der Waals surface area (Å²) >= 11 is 0. The Hall–Kier alpha value is -1.62. The van der Waals surface area contributed by atoms with Crippen LogP contribution in [0, 0.1) is 12.7 Å². The van der Waals surface area contributed by atoms with Crippen molar-refractivity contribution in [2.45, 2.75) is 38.6 Å². The van der Waals surface area contributed by atoms with Crippen molar-refractivity contribution >= 4 is 11.6 Å². The third-order valence-electron chi connectivity index (χ3n) is 3.84. The topological polar surface area (TPSA) is 66.6 Å². The van der Waals surface area contributed by atoms with E-state index in [1.807, 2.05) is 0 Å². The summed E-state index contributed by atoms with van der Waals surface area (Å²) in [4.78, 5) is 14.2. The van der Waals surface area contributed by atoms with Gasteiger partial charge in [-0.15, -0.1) is 0 Å². The Kier molecular flexibility index (Phi) is 4.60. The van der Waals surface area contributed by atoms with E-state index in [-0.39, 0.29) is 24.1 Å². The second-order valence-corrected chi connectivity index (χ2v) is 5.36. The minimum Gasteiger partial charge on any atom is -0.399 e. The first-order valence-corrected chi connectivity index (χ1v) is 7.02. The predicted octanol–water partition coefficient (Wildman–Crippen LogP) is 2.09. The minimum atomic E-state index is -0.489. The highest BCUT2D eigenvalue weighted by atomic mass is 19.1. The Morgan fingerprint density at radius 2 is 2.30 bits per heavy atom. The van der Waals surface area contributed by atoms with Gasteiger partial charge >= 0.3 is 0 Å². The number of rotatable bonds is 4. The summed E-state index contributed by atoms with van der Waals surface area (Å²) in [5.41, 5.74) is 6.55. The molecule has 0 aliphatic carbocycles. The molecule has 1 aromatic rings. The van der Waals surface area contributed by atoms with E-state index in [4.69, 9.17) is 10.8 Å². The summed E-state index contributed by atoms with van der Waals surface area (Å²) in [5.74, 6) is -0.782. The van der Waals surface area contributed by atoms with Crippen LogP contribution in [-0.2, 0) is 0 Å². The molecule has 0 bridgehead atoms. The molecule has 1 fully saturated rings. The molecular weight excluding hydrogens is 259 g/mol. The van der Waals surface area contributed by atoms with Crippen molar-refractivity contribution in [3.05, 3.63) is 29.1 Å². The number of aliphatic hydroxyl groups is 1. The Balaban J connectivity index is 2.22. The van der Waals surface area contributed by atoms with Crippen LogP contribution >= 0.6 is 0 Å². The van der Waals surface area contributed by atoms with E-state index >= 15 is 0 Å². The van der Waals surface area contributed by atoms with E-state index in [1.54, 1.807) is 11.8 Å². The monoisotopic (exact) mass is 280 g/mol. The van der Waals surface area contributed by atoms with Crippen LogP contribution in [0.25, 0.3) is 0 Å². The van der Waals surface area contributed by atoms with Crippen molar-refractivity contribution in [2.24, 2.45) is 0 Å². The number of benzene rings is 1. The number of amides is 1. The minimum absolute atomic E-state index is 0.0541. The maximum absolute atomic E-state index is 14.1. The fourth-order valence-electron chi connectivity index (χ4n) is 2.84. The summed E-state index contributed by atoms with van der Waals surface area (Å²) in [6.07, 6.45) is 3.25. The maximum atomic E-state index is 14.1. The zero-order chi connectivity index (χ0) is 14.7. The van der Waals surface area contributed by atoms with Crippen molar-refractivity contribution in [3.8, 4) is 0 Å². The largest absolute Gasteiger partial charge is 0.399 e. The van der Waals surface area contributed by atoms with Crippen LogP contribution in [0.2, 0.25) is 0 Å². The number of aryl methyl sites for hydroxylation is 1. The van der Waals surface area contributed by atoms with Crippen LogP contribution in [0.4, 0.5) is 10.1 Å². The van der Waals surface area contributed by atoms with Gasteiger partial charge in [0, 0.05) is 24.9 Å². The predicted molar refractivity (Wildman–Crippen MR) is 75.9 cm³/mol. The van der Waals surface area contributed by atoms with E-state index in [2.05, 4.69) is 0 Å². The number of carbonyl (C=O) groups excluding carboxylic acids is 1. The normalized spacial score (nSPS) is 18.6. The van der Waals surface area contributed by atoms with Crippen LogP contribution in [0.15, 0.2) is 12.1 Å². The highest BCUT2D eigenvalue weighted by Gasteiger charge is 2.30. The third-order valence-corrected chi connectivity index (χ3v) is 3.84. The number of nitrogen functional groups attached to an aromatic ring is 1. The van der Waals surface area contributed by atoms with Crippen LogP contribution in [0.3, 0.4) is 0 Å². The first-order valence-electron chi connectivity index (χ1n) is 7.02. The molecule has 1 amide bonds. The molecule has 1 heterocycles. The molecule has 1 atom stereocenters. The van der Waals surface area contributed by atoms with E-state index in [0.717, 1.165) is 19.3 Å². The van der Waals surface area contributed by atoms with Crippen molar-refractivity contribution in [3.63, 3.8) is 0 Å². The van der Waals surface area contributed by atoms with Gasteiger partial charge in [0.1, 0.15) is 5.82 Å². The summed E-state index contributed by atoms with van der Waals surface area (Å²) in [6, 6.07) is 3.03. The molecule has 1 aromatic carbocycles. The Morgan fingerprint density at radius 1 is 1.55 bits per heavy atom. The van der Waals surface area contributed by atoms with Gasteiger partial charge in [0.15, 0.2) is 0 Å². The quantitative estimate of drug-likeness (QED) is 0.830. The molecule has 0 radical (unpaired) electrons. The standard InChI is InChI=1S/C15H21FN2O2/c1-10-8-11(17)9-13(14(10)16)15(20)18-6-2-4-12(18)5-3-7-19/h8-9,12,19H,2-7,17H2,1H3. The lowest BCUT2D eigenvalue weighted by Crippen LogP contribution is -2.36. The van der Waals surface area contributed by atoms with Gasteiger partial charge in [0.05, 0.1) is 5.56 Å². The molecule has 1 saturated heterocycles. The molecule has 110 valence electrons. The average molecular weight is 280 g/mol. The number of hydrogen-bond donors (Lipinski definition) is 2. The number of nitrogens with two attached hydrogens (primary N) is 1. The maximum Gasteiger partial charge on any atom is 0.257 e. The molecule has 0 aromatic heterocycles. The van der Waals surface area contributed by atoms with Gasteiger partial charge < -0.3 is 15.7 Å². The van der Waals surface area contributed by atoms with Crippen LogP contribution in [0.5, 0.6) is 0 Å². The molecule has 5 heteroatoms. The Morgan fingerprint density at radius 3 is 3.00 bits per heavy atom. The van der Waals surface area contributed by atoms with Crippen LogP contribution < -0.4 is 5.73 Å². The molecule has 3 N–H and O–H groups in total. The summed E-state index contributed by atoms with van der Waals surface area (Å²) < 4.78 is 14.1. The molecule has 0 spiro atoms. The van der Waals surface area contributed by atoms with Gasteiger partial charge in [-0.05, 0) is 50.3 Å². The lowest BCUT2D eigenvalue weighted by molar-refractivity contribution is 0.0719. The number of halogens is 1. The SMILES string of the molecule is Cc1cc(N)cc(C(=O)N2CCCC2CCCO)c1F. The molecule has 1 aliphatic heterocycles. The first-order chi connectivity index (χ1) is 9.54.